The van der Waals surface area contributed by atoms with E-state index in [9.17, 15) is 4.79 Å². The van der Waals surface area contributed by atoms with E-state index in [1.165, 1.54) is 12.0 Å². The second-order valence-electron chi connectivity index (χ2n) is 9.19. The van der Waals surface area contributed by atoms with Crippen molar-refractivity contribution in [1.29, 1.82) is 0 Å². The van der Waals surface area contributed by atoms with E-state index in [2.05, 4.69) is 45.2 Å². The van der Waals surface area contributed by atoms with E-state index in [0.29, 0.717) is 31.2 Å². The number of nitrogens with zero attached hydrogens (tertiary/aromatic N) is 4. The van der Waals surface area contributed by atoms with Crippen LogP contribution in [-0.2, 0) is 11.3 Å². The fraction of sp³-hybridized carbons (Fsp3) is 0.393. The van der Waals surface area contributed by atoms with E-state index in [-0.39, 0.29) is 11.9 Å². The molecule has 1 saturated carbocycles. The molecule has 0 radical (unpaired) electrons. The van der Waals surface area contributed by atoms with Crippen LogP contribution in [0.15, 0.2) is 73.1 Å². The lowest BCUT2D eigenvalue weighted by molar-refractivity contribution is 0.0598. The summed E-state index contributed by atoms with van der Waals surface area (Å²) < 4.78 is 5.44. The Bertz CT molecular complexity index is 1050. The molecule has 2 aliphatic rings. The zero-order valence-corrected chi connectivity index (χ0v) is 19.6. The molecule has 2 atom stereocenters. The van der Waals surface area contributed by atoms with Gasteiger partial charge in [0.15, 0.2) is 0 Å². The topological polar surface area (TPSA) is 58.6 Å². The van der Waals surface area contributed by atoms with Crippen LogP contribution < -0.4 is 4.90 Å². The van der Waals surface area contributed by atoms with Crippen molar-refractivity contribution in [2.75, 3.05) is 31.2 Å². The number of hydrogen-bond acceptors (Lipinski definition) is 5. The third kappa shape index (κ3) is 5.28. The molecule has 6 nitrogen and oxygen atoms in total. The molecule has 1 aliphatic heterocycles. The Morgan fingerprint density at radius 3 is 2.53 bits per heavy atom. The predicted octanol–water partition coefficient (Wildman–Crippen LogP) is 4.68. The summed E-state index contributed by atoms with van der Waals surface area (Å²) in [5.41, 5.74) is 2.92. The van der Waals surface area contributed by atoms with Crippen LogP contribution in [-0.4, -0.2) is 53.1 Å². The van der Waals surface area contributed by atoms with Gasteiger partial charge < -0.3 is 14.5 Å². The summed E-state index contributed by atoms with van der Waals surface area (Å²) in [6.07, 6.45) is 7.80. The van der Waals surface area contributed by atoms with E-state index in [1.807, 2.05) is 35.2 Å². The standard InChI is InChI=1S/C28H32N4O2/c33-28(24-12-13-27(30-20-24)31-15-17-34-18-16-31)32(21-25-10-4-5-14-29-25)26-11-6-9-23(19-26)22-7-2-1-3-8-22/h1-5,7-8,10,12-14,20,23,26H,6,9,11,15-19,21H2. The van der Waals surface area contributed by atoms with Crippen LogP contribution in [0.3, 0.4) is 0 Å². The maximum absolute atomic E-state index is 13.8. The summed E-state index contributed by atoms with van der Waals surface area (Å²) in [5, 5.41) is 0. The Morgan fingerprint density at radius 1 is 0.971 bits per heavy atom. The number of carbonyl (C=O) groups is 1. The van der Waals surface area contributed by atoms with Crippen LogP contribution in [0.4, 0.5) is 5.82 Å². The van der Waals surface area contributed by atoms with Crippen molar-refractivity contribution in [3.8, 4) is 0 Å². The summed E-state index contributed by atoms with van der Waals surface area (Å²) >= 11 is 0. The SMILES string of the molecule is O=C(c1ccc(N2CCOCC2)nc1)N(Cc1ccccn1)C1CCCC(c2ccccc2)C1. The highest BCUT2D eigenvalue weighted by atomic mass is 16.5. The second-order valence-corrected chi connectivity index (χ2v) is 9.19. The summed E-state index contributed by atoms with van der Waals surface area (Å²) in [7, 11) is 0. The van der Waals surface area contributed by atoms with Crippen molar-refractivity contribution in [1.82, 2.24) is 14.9 Å². The number of benzene rings is 1. The zero-order chi connectivity index (χ0) is 23.2. The molecular formula is C28H32N4O2. The Balaban J connectivity index is 1.37. The van der Waals surface area contributed by atoms with Gasteiger partial charge in [-0.15, -0.1) is 0 Å². The molecule has 34 heavy (non-hydrogen) atoms. The lowest BCUT2D eigenvalue weighted by Crippen LogP contribution is -2.42. The zero-order valence-electron chi connectivity index (χ0n) is 19.6. The first-order valence-corrected chi connectivity index (χ1v) is 12.3. The first-order chi connectivity index (χ1) is 16.8. The number of hydrogen-bond donors (Lipinski definition) is 0. The smallest absolute Gasteiger partial charge is 0.256 e. The monoisotopic (exact) mass is 456 g/mol. The van der Waals surface area contributed by atoms with Crippen LogP contribution in [0, 0.1) is 0 Å². The number of morpholine rings is 1. The van der Waals surface area contributed by atoms with Gasteiger partial charge in [0, 0.05) is 31.5 Å². The van der Waals surface area contributed by atoms with Gasteiger partial charge in [0.05, 0.1) is 31.0 Å². The van der Waals surface area contributed by atoms with Crippen molar-refractivity contribution in [2.24, 2.45) is 0 Å². The van der Waals surface area contributed by atoms with E-state index >= 15 is 0 Å². The number of rotatable bonds is 6. The lowest BCUT2D eigenvalue weighted by Gasteiger charge is -2.38. The number of amides is 1. The molecule has 0 spiro atoms. The van der Waals surface area contributed by atoms with Gasteiger partial charge in [-0.25, -0.2) is 4.98 Å². The molecular weight excluding hydrogens is 424 g/mol. The van der Waals surface area contributed by atoms with Gasteiger partial charge in [0.1, 0.15) is 5.82 Å². The van der Waals surface area contributed by atoms with Crippen LogP contribution in [0.5, 0.6) is 0 Å². The number of carbonyl (C=O) groups excluding carboxylic acids is 1. The van der Waals surface area contributed by atoms with Gasteiger partial charge in [-0.2, -0.15) is 0 Å². The molecule has 0 N–H and O–H groups in total. The first kappa shape index (κ1) is 22.5. The average Bonchev–Trinajstić information content (AvgIpc) is 2.93. The lowest BCUT2D eigenvalue weighted by atomic mass is 9.80. The van der Waals surface area contributed by atoms with Crippen LogP contribution in [0.2, 0.25) is 0 Å². The van der Waals surface area contributed by atoms with E-state index in [1.54, 1.807) is 12.4 Å². The van der Waals surface area contributed by atoms with Crippen molar-refractivity contribution < 1.29 is 9.53 Å². The molecule has 2 fully saturated rings. The predicted molar refractivity (Wildman–Crippen MR) is 133 cm³/mol. The number of aromatic nitrogens is 2. The molecule has 1 aromatic carbocycles. The minimum Gasteiger partial charge on any atom is -0.378 e. The molecule has 176 valence electrons. The van der Waals surface area contributed by atoms with E-state index in [4.69, 9.17) is 4.74 Å². The minimum atomic E-state index is 0.0328. The van der Waals surface area contributed by atoms with Crippen molar-refractivity contribution >= 4 is 11.7 Å². The average molecular weight is 457 g/mol. The van der Waals surface area contributed by atoms with Crippen LogP contribution >= 0.6 is 0 Å². The third-order valence-corrected chi connectivity index (χ3v) is 7.01. The van der Waals surface area contributed by atoms with Gasteiger partial charge in [0.2, 0.25) is 0 Å². The van der Waals surface area contributed by atoms with Gasteiger partial charge >= 0.3 is 0 Å². The number of anilines is 1. The fourth-order valence-electron chi connectivity index (χ4n) is 5.17. The largest absolute Gasteiger partial charge is 0.378 e. The summed E-state index contributed by atoms with van der Waals surface area (Å²) in [5.74, 6) is 1.41. The van der Waals surface area contributed by atoms with Gasteiger partial charge in [0.25, 0.3) is 5.91 Å². The molecule has 1 saturated heterocycles. The van der Waals surface area contributed by atoms with Crippen molar-refractivity contribution in [2.45, 2.75) is 44.2 Å². The van der Waals surface area contributed by atoms with Gasteiger partial charge in [-0.05, 0) is 55.0 Å². The number of pyridine rings is 2. The van der Waals surface area contributed by atoms with Gasteiger partial charge in [-0.1, -0.05) is 42.8 Å². The molecule has 6 heteroatoms. The fourth-order valence-corrected chi connectivity index (χ4v) is 5.17. The van der Waals surface area contributed by atoms with Crippen LogP contribution in [0.1, 0.15) is 53.2 Å². The Kier molecular flexibility index (Phi) is 7.15. The molecule has 3 aromatic rings. The van der Waals surface area contributed by atoms with Crippen LogP contribution in [0.25, 0.3) is 0 Å². The third-order valence-electron chi connectivity index (χ3n) is 7.01. The number of ether oxygens (including phenoxy) is 1. The molecule has 0 bridgehead atoms. The first-order valence-electron chi connectivity index (χ1n) is 12.3. The maximum Gasteiger partial charge on any atom is 0.256 e. The van der Waals surface area contributed by atoms with Crippen molar-refractivity contribution in [3.05, 3.63) is 89.9 Å². The van der Waals surface area contributed by atoms with E-state index < -0.39 is 0 Å². The minimum absolute atomic E-state index is 0.0328. The Hall–Kier alpha value is -3.25. The quantitative estimate of drug-likeness (QED) is 0.539. The summed E-state index contributed by atoms with van der Waals surface area (Å²) in [6.45, 7) is 3.59. The molecule has 2 aromatic heterocycles. The molecule has 1 amide bonds. The highest BCUT2D eigenvalue weighted by molar-refractivity contribution is 5.94. The molecule has 3 heterocycles. The summed E-state index contributed by atoms with van der Waals surface area (Å²) in [4.78, 5) is 27.2. The molecule has 1 aliphatic carbocycles. The Labute approximate surface area is 201 Å². The summed E-state index contributed by atoms with van der Waals surface area (Å²) in [6, 6.07) is 20.7. The Morgan fingerprint density at radius 2 is 1.79 bits per heavy atom. The second kappa shape index (κ2) is 10.8. The van der Waals surface area contributed by atoms with Gasteiger partial charge in [-0.3, -0.25) is 9.78 Å². The normalized spacial score (nSPS) is 20.6. The highest BCUT2D eigenvalue weighted by Crippen LogP contribution is 2.36. The molecule has 5 rings (SSSR count). The molecule has 2 unspecified atom stereocenters. The highest BCUT2D eigenvalue weighted by Gasteiger charge is 2.31. The van der Waals surface area contributed by atoms with E-state index in [0.717, 1.165) is 43.9 Å². The van der Waals surface area contributed by atoms with Crippen molar-refractivity contribution in [3.63, 3.8) is 0 Å². The maximum atomic E-state index is 13.8.